The summed E-state index contributed by atoms with van der Waals surface area (Å²) < 4.78 is 0. The third-order valence-corrected chi connectivity index (χ3v) is 3.29. The van der Waals surface area contributed by atoms with Crippen molar-refractivity contribution in [1.82, 2.24) is 0 Å². The van der Waals surface area contributed by atoms with Crippen molar-refractivity contribution in [2.45, 2.75) is 34.2 Å². The SMILES string of the molecule is CC.CC.CO.c1ccc(CNc2ccc(Nc3ccccc3)cc2)cc1. The van der Waals surface area contributed by atoms with Crippen molar-refractivity contribution in [3.05, 3.63) is 90.5 Å². The van der Waals surface area contributed by atoms with Crippen LogP contribution in [0.25, 0.3) is 0 Å². The van der Waals surface area contributed by atoms with E-state index < -0.39 is 0 Å². The number of nitrogens with one attached hydrogen (secondary N) is 2. The first kappa shape index (κ1) is 24.2. The largest absolute Gasteiger partial charge is 0.400 e. The molecule has 0 saturated heterocycles. The number of anilines is 3. The summed E-state index contributed by atoms with van der Waals surface area (Å²) in [6.45, 7) is 8.84. The predicted octanol–water partition coefficient (Wildman–Crippen LogP) is 6.70. The molecule has 3 nitrogen and oxygen atoms in total. The zero-order chi connectivity index (χ0) is 20.3. The van der Waals surface area contributed by atoms with Gasteiger partial charge in [0.15, 0.2) is 0 Å². The van der Waals surface area contributed by atoms with E-state index in [-0.39, 0.29) is 0 Å². The molecule has 0 aromatic heterocycles. The molecule has 0 aliphatic heterocycles. The highest BCUT2D eigenvalue weighted by Gasteiger charge is 1.96. The first-order valence-corrected chi connectivity index (χ1v) is 9.55. The molecule has 3 rings (SSSR count). The van der Waals surface area contributed by atoms with Crippen molar-refractivity contribution in [3.8, 4) is 0 Å². The molecular formula is C24H34N2O. The van der Waals surface area contributed by atoms with E-state index in [0.29, 0.717) is 0 Å². The molecule has 0 spiro atoms. The Hall–Kier alpha value is -2.78. The average molecular weight is 367 g/mol. The number of aliphatic hydroxyl groups is 1. The second-order valence-corrected chi connectivity index (χ2v) is 4.91. The number of rotatable bonds is 5. The number of benzene rings is 3. The highest BCUT2D eigenvalue weighted by atomic mass is 16.2. The number of aliphatic hydroxyl groups excluding tert-OH is 1. The van der Waals surface area contributed by atoms with E-state index in [4.69, 9.17) is 5.11 Å². The number of hydrogen-bond acceptors (Lipinski definition) is 3. The first-order valence-electron chi connectivity index (χ1n) is 9.55. The topological polar surface area (TPSA) is 44.3 Å². The second-order valence-electron chi connectivity index (χ2n) is 4.91. The third-order valence-electron chi connectivity index (χ3n) is 3.29. The van der Waals surface area contributed by atoms with Crippen molar-refractivity contribution >= 4 is 17.1 Å². The number of para-hydroxylation sites is 1. The molecular weight excluding hydrogens is 332 g/mol. The van der Waals surface area contributed by atoms with Crippen LogP contribution in [-0.2, 0) is 6.54 Å². The standard InChI is InChI=1S/C19H18N2.2C2H6.CH4O/c1-3-7-16(8-4-1)15-20-17-11-13-19(14-12-17)21-18-9-5-2-6-10-18;3*1-2/h1-14,20-21H,15H2;2*1-2H3;2H,1H3. The molecule has 0 aliphatic rings. The predicted molar refractivity (Wildman–Crippen MR) is 121 cm³/mol. The van der Waals surface area contributed by atoms with Gasteiger partial charge in [-0.3, -0.25) is 0 Å². The van der Waals surface area contributed by atoms with Gasteiger partial charge in [0.25, 0.3) is 0 Å². The lowest BCUT2D eigenvalue weighted by molar-refractivity contribution is 0.399. The minimum Gasteiger partial charge on any atom is -0.400 e. The summed E-state index contributed by atoms with van der Waals surface area (Å²) >= 11 is 0. The quantitative estimate of drug-likeness (QED) is 0.470. The summed E-state index contributed by atoms with van der Waals surface area (Å²) in [4.78, 5) is 0. The van der Waals surface area contributed by atoms with Crippen molar-refractivity contribution in [2.24, 2.45) is 0 Å². The molecule has 3 aromatic carbocycles. The Kier molecular flexibility index (Phi) is 15.0. The summed E-state index contributed by atoms with van der Waals surface area (Å²) in [7, 11) is 1.00. The van der Waals surface area contributed by atoms with Gasteiger partial charge in [0.2, 0.25) is 0 Å². The molecule has 0 unspecified atom stereocenters. The lowest BCUT2D eigenvalue weighted by Gasteiger charge is -2.09. The minimum absolute atomic E-state index is 0.840. The van der Waals surface area contributed by atoms with Crippen LogP contribution in [0.1, 0.15) is 33.3 Å². The normalized spacial score (nSPS) is 8.52. The van der Waals surface area contributed by atoms with E-state index in [9.17, 15) is 0 Å². The maximum absolute atomic E-state index is 7.00. The number of hydrogen-bond donors (Lipinski definition) is 3. The molecule has 0 fully saturated rings. The molecule has 0 saturated carbocycles. The summed E-state index contributed by atoms with van der Waals surface area (Å²) in [5.41, 5.74) is 4.59. The molecule has 0 amide bonds. The highest BCUT2D eigenvalue weighted by molar-refractivity contribution is 5.62. The van der Waals surface area contributed by atoms with Crippen molar-refractivity contribution in [2.75, 3.05) is 17.7 Å². The van der Waals surface area contributed by atoms with Crippen molar-refractivity contribution in [1.29, 1.82) is 0 Å². The van der Waals surface area contributed by atoms with Gasteiger partial charge < -0.3 is 15.7 Å². The van der Waals surface area contributed by atoms with Crippen LogP contribution in [-0.4, -0.2) is 12.2 Å². The fraction of sp³-hybridized carbons (Fsp3) is 0.250. The molecule has 3 aromatic rings. The Labute approximate surface area is 165 Å². The zero-order valence-corrected chi connectivity index (χ0v) is 17.2. The third kappa shape index (κ3) is 10.1. The van der Waals surface area contributed by atoms with E-state index in [1.807, 2.05) is 52.0 Å². The van der Waals surface area contributed by atoms with E-state index >= 15 is 0 Å². The second kappa shape index (κ2) is 16.7. The first-order chi connectivity index (χ1) is 13.4. The Balaban J connectivity index is 0.00000103. The minimum atomic E-state index is 0.840. The van der Waals surface area contributed by atoms with Crippen LogP contribution in [0, 0.1) is 0 Å². The Bertz CT molecular complexity index is 668. The maximum atomic E-state index is 7.00. The van der Waals surface area contributed by atoms with Crippen LogP contribution >= 0.6 is 0 Å². The van der Waals surface area contributed by atoms with Gasteiger partial charge in [0, 0.05) is 30.7 Å². The average Bonchev–Trinajstić information content (AvgIpc) is 2.79. The zero-order valence-electron chi connectivity index (χ0n) is 17.2. The van der Waals surface area contributed by atoms with E-state index in [1.165, 1.54) is 5.56 Å². The van der Waals surface area contributed by atoms with Crippen LogP contribution in [0.15, 0.2) is 84.9 Å². The van der Waals surface area contributed by atoms with Gasteiger partial charge in [-0.1, -0.05) is 76.2 Å². The van der Waals surface area contributed by atoms with Crippen LogP contribution < -0.4 is 10.6 Å². The Morgan fingerprint density at radius 2 is 0.963 bits per heavy atom. The van der Waals surface area contributed by atoms with Crippen molar-refractivity contribution in [3.63, 3.8) is 0 Å². The van der Waals surface area contributed by atoms with E-state index in [0.717, 1.165) is 30.7 Å². The van der Waals surface area contributed by atoms with Crippen molar-refractivity contribution < 1.29 is 5.11 Å². The maximum Gasteiger partial charge on any atom is 0.0400 e. The summed E-state index contributed by atoms with van der Waals surface area (Å²) in [6, 6.07) is 28.9. The summed E-state index contributed by atoms with van der Waals surface area (Å²) in [5, 5.41) is 13.8. The van der Waals surface area contributed by atoms with Gasteiger partial charge in [-0.15, -0.1) is 0 Å². The smallest absolute Gasteiger partial charge is 0.0400 e. The van der Waals surface area contributed by atoms with Gasteiger partial charge >= 0.3 is 0 Å². The molecule has 0 heterocycles. The van der Waals surface area contributed by atoms with Gasteiger partial charge in [-0.25, -0.2) is 0 Å². The molecule has 0 atom stereocenters. The van der Waals surface area contributed by atoms with Gasteiger partial charge in [-0.05, 0) is 42.0 Å². The molecule has 0 aliphatic carbocycles. The van der Waals surface area contributed by atoms with Gasteiger partial charge in [-0.2, -0.15) is 0 Å². The fourth-order valence-corrected chi connectivity index (χ4v) is 2.16. The lowest BCUT2D eigenvalue weighted by atomic mass is 10.2. The summed E-state index contributed by atoms with van der Waals surface area (Å²) in [6.07, 6.45) is 0. The Morgan fingerprint density at radius 3 is 1.48 bits per heavy atom. The van der Waals surface area contributed by atoms with Crippen LogP contribution in [0.5, 0.6) is 0 Å². The van der Waals surface area contributed by atoms with Gasteiger partial charge in [0.05, 0.1) is 0 Å². The van der Waals surface area contributed by atoms with Crippen LogP contribution in [0.3, 0.4) is 0 Å². The molecule has 27 heavy (non-hydrogen) atoms. The van der Waals surface area contributed by atoms with E-state index in [1.54, 1.807) is 0 Å². The lowest BCUT2D eigenvalue weighted by Crippen LogP contribution is -1.99. The van der Waals surface area contributed by atoms with Crippen LogP contribution in [0.4, 0.5) is 17.1 Å². The van der Waals surface area contributed by atoms with Gasteiger partial charge in [0.1, 0.15) is 0 Å². The highest BCUT2D eigenvalue weighted by Crippen LogP contribution is 2.19. The monoisotopic (exact) mass is 366 g/mol. The molecule has 3 N–H and O–H groups in total. The van der Waals surface area contributed by atoms with E-state index in [2.05, 4.69) is 71.3 Å². The molecule has 0 radical (unpaired) electrons. The Morgan fingerprint density at radius 1 is 0.556 bits per heavy atom. The molecule has 146 valence electrons. The fourth-order valence-electron chi connectivity index (χ4n) is 2.16. The van der Waals surface area contributed by atoms with Crippen LogP contribution in [0.2, 0.25) is 0 Å². The molecule has 0 bridgehead atoms. The summed E-state index contributed by atoms with van der Waals surface area (Å²) in [5.74, 6) is 0. The molecule has 3 heteroatoms.